The predicted octanol–water partition coefficient (Wildman–Crippen LogP) is 2.53. The molecule has 0 spiro atoms. The number of likely N-dealkylation sites (tertiary alicyclic amines) is 1. The van der Waals surface area contributed by atoms with E-state index in [1.165, 1.54) is 0 Å². The molecule has 1 aliphatic rings. The number of carbonyl (C=O) groups is 3. The number of imide groups is 3. The minimum absolute atomic E-state index is 0.110. The van der Waals surface area contributed by atoms with E-state index in [4.69, 9.17) is 20.6 Å². The lowest BCUT2D eigenvalue weighted by Crippen LogP contribution is -2.60. The molecule has 1 unspecified atom stereocenters. The first-order valence-corrected chi connectivity index (χ1v) is 12.5. The van der Waals surface area contributed by atoms with Crippen molar-refractivity contribution in [2.75, 3.05) is 13.2 Å². The van der Waals surface area contributed by atoms with Gasteiger partial charge in [-0.2, -0.15) is 4.90 Å². The van der Waals surface area contributed by atoms with Gasteiger partial charge in [0, 0.05) is 6.04 Å². The number of carbonyl (C=O) groups excluding carboxylic acids is 3. The molecule has 10 nitrogen and oxygen atoms in total. The fourth-order valence-electron chi connectivity index (χ4n) is 4.39. The monoisotopic (exact) mass is 504 g/mol. The maximum absolute atomic E-state index is 13.8. The van der Waals surface area contributed by atoms with Crippen molar-refractivity contribution in [2.45, 2.75) is 78.3 Å². The summed E-state index contributed by atoms with van der Waals surface area (Å²) in [5.74, 6) is -2.32. The third-order valence-electron chi connectivity index (χ3n) is 6.37. The van der Waals surface area contributed by atoms with Gasteiger partial charge in [-0.05, 0) is 43.7 Å². The van der Waals surface area contributed by atoms with E-state index in [-0.39, 0.29) is 30.9 Å². The molecular weight excluding hydrogens is 464 g/mol. The molecule has 200 valence electrons. The molecular formula is C26H40N4O6. The summed E-state index contributed by atoms with van der Waals surface area (Å²) in [6.07, 6.45) is -1.36. The molecule has 1 saturated heterocycles. The molecule has 0 bridgehead atoms. The Morgan fingerprint density at radius 3 is 2.33 bits per heavy atom. The van der Waals surface area contributed by atoms with Crippen LogP contribution in [0.1, 0.15) is 53.0 Å². The van der Waals surface area contributed by atoms with Gasteiger partial charge < -0.3 is 20.3 Å². The molecule has 0 saturated carbocycles. The van der Waals surface area contributed by atoms with Crippen LogP contribution >= 0.6 is 0 Å². The molecule has 4 N–H and O–H groups in total. The van der Waals surface area contributed by atoms with Crippen LogP contribution in [0.3, 0.4) is 0 Å². The molecule has 1 aliphatic heterocycles. The number of aliphatic hydroxyl groups excluding tert-OH is 1. The number of ether oxygens (including phenoxy) is 2. The minimum atomic E-state index is -1.27. The van der Waals surface area contributed by atoms with Crippen molar-refractivity contribution in [3.8, 4) is 0 Å². The number of amides is 3. The molecule has 1 heterocycles. The van der Waals surface area contributed by atoms with Crippen molar-refractivity contribution < 1.29 is 29.0 Å². The molecule has 36 heavy (non-hydrogen) atoms. The van der Waals surface area contributed by atoms with Crippen molar-refractivity contribution >= 4 is 23.8 Å². The Bertz CT molecular complexity index is 907. The van der Waals surface area contributed by atoms with Gasteiger partial charge in [-0.3, -0.25) is 19.9 Å². The topological polar surface area (TPSA) is 146 Å². The second kappa shape index (κ2) is 13.5. The Morgan fingerprint density at radius 2 is 1.78 bits per heavy atom. The third-order valence-corrected chi connectivity index (χ3v) is 6.37. The molecule has 1 fully saturated rings. The number of benzene rings is 1. The van der Waals surface area contributed by atoms with Crippen molar-refractivity contribution in [1.29, 1.82) is 5.41 Å². The van der Waals surface area contributed by atoms with Crippen molar-refractivity contribution in [3.05, 3.63) is 35.9 Å². The number of nitrogens with two attached hydrogens (primary N) is 1. The zero-order valence-electron chi connectivity index (χ0n) is 21.8. The summed E-state index contributed by atoms with van der Waals surface area (Å²) in [4.78, 5) is 42.4. The van der Waals surface area contributed by atoms with Gasteiger partial charge >= 0.3 is 6.09 Å². The number of rotatable bonds is 10. The molecule has 0 aromatic heterocycles. The van der Waals surface area contributed by atoms with E-state index in [9.17, 15) is 19.5 Å². The van der Waals surface area contributed by atoms with Crippen LogP contribution in [0.4, 0.5) is 4.79 Å². The minimum Gasteiger partial charge on any atom is -0.480 e. The highest BCUT2D eigenvalue weighted by molar-refractivity contribution is 6.12. The second-order valence-corrected chi connectivity index (χ2v) is 9.69. The predicted molar refractivity (Wildman–Crippen MR) is 135 cm³/mol. The van der Waals surface area contributed by atoms with Gasteiger partial charge in [0.2, 0.25) is 5.90 Å². The van der Waals surface area contributed by atoms with Crippen LogP contribution in [-0.2, 0) is 25.7 Å². The van der Waals surface area contributed by atoms with Crippen LogP contribution in [0.2, 0.25) is 0 Å². The number of hydrogen-bond donors (Lipinski definition) is 3. The summed E-state index contributed by atoms with van der Waals surface area (Å²) in [5.41, 5.74) is 6.76. The quantitative estimate of drug-likeness (QED) is 0.325. The van der Waals surface area contributed by atoms with Crippen LogP contribution in [0.5, 0.6) is 0 Å². The summed E-state index contributed by atoms with van der Waals surface area (Å²) < 4.78 is 10.6. The van der Waals surface area contributed by atoms with E-state index in [1.807, 2.05) is 19.9 Å². The summed E-state index contributed by atoms with van der Waals surface area (Å²) in [6, 6.07) is 6.37. The summed E-state index contributed by atoms with van der Waals surface area (Å²) in [6.45, 7) is 9.49. The van der Waals surface area contributed by atoms with Gasteiger partial charge in [-0.1, -0.05) is 58.0 Å². The van der Waals surface area contributed by atoms with Gasteiger partial charge in [-0.25, -0.2) is 4.79 Å². The lowest BCUT2D eigenvalue weighted by molar-refractivity contribution is -0.147. The maximum Gasteiger partial charge on any atom is 0.423 e. The van der Waals surface area contributed by atoms with Crippen molar-refractivity contribution in [2.24, 2.45) is 17.6 Å². The van der Waals surface area contributed by atoms with Crippen LogP contribution in [0.15, 0.2) is 30.3 Å². The average molecular weight is 505 g/mol. The zero-order chi connectivity index (χ0) is 27.0. The molecule has 4 atom stereocenters. The van der Waals surface area contributed by atoms with Gasteiger partial charge in [0.05, 0.1) is 18.7 Å². The lowest BCUT2D eigenvalue weighted by atomic mass is 9.95. The van der Waals surface area contributed by atoms with E-state index in [0.29, 0.717) is 29.8 Å². The Balaban J connectivity index is 2.34. The van der Waals surface area contributed by atoms with Gasteiger partial charge in [0.15, 0.2) is 0 Å². The van der Waals surface area contributed by atoms with Gasteiger partial charge in [0.25, 0.3) is 11.8 Å². The highest BCUT2D eigenvalue weighted by Crippen LogP contribution is 2.28. The van der Waals surface area contributed by atoms with Gasteiger partial charge in [-0.15, -0.1) is 0 Å². The first kappa shape index (κ1) is 29.4. The van der Waals surface area contributed by atoms with E-state index in [2.05, 4.69) is 0 Å². The normalized spacial score (nSPS) is 18.5. The third kappa shape index (κ3) is 7.11. The second-order valence-electron chi connectivity index (χ2n) is 9.69. The van der Waals surface area contributed by atoms with Crippen molar-refractivity contribution in [3.63, 3.8) is 0 Å². The van der Waals surface area contributed by atoms with Crippen LogP contribution < -0.4 is 5.73 Å². The first-order chi connectivity index (χ1) is 17.0. The summed E-state index contributed by atoms with van der Waals surface area (Å²) in [7, 11) is 0. The smallest absolute Gasteiger partial charge is 0.423 e. The maximum atomic E-state index is 13.8. The lowest BCUT2D eigenvalue weighted by Gasteiger charge is -2.38. The number of hydrogen-bond acceptors (Lipinski definition) is 9. The van der Waals surface area contributed by atoms with Crippen molar-refractivity contribution in [1.82, 2.24) is 9.80 Å². The van der Waals surface area contributed by atoms with E-state index in [0.717, 1.165) is 0 Å². The van der Waals surface area contributed by atoms with E-state index >= 15 is 0 Å². The first-order valence-electron chi connectivity index (χ1n) is 12.5. The number of aliphatic hydroxyl groups is 1. The van der Waals surface area contributed by atoms with E-state index < -0.39 is 42.1 Å². The number of nitrogens with zero attached hydrogens (tertiary/aromatic N) is 2. The highest BCUT2D eigenvalue weighted by atomic mass is 16.6. The Labute approximate surface area is 213 Å². The fourth-order valence-corrected chi connectivity index (χ4v) is 4.39. The fraction of sp³-hybridized carbons (Fsp3) is 0.615. The Morgan fingerprint density at radius 1 is 1.14 bits per heavy atom. The summed E-state index contributed by atoms with van der Waals surface area (Å²) in [5, 5.41) is 19.0. The molecule has 0 aliphatic carbocycles. The molecule has 1 aromatic rings. The van der Waals surface area contributed by atoms with Crippen LogP contribution in [-0.4, -0.2) is 76.1 Å². The molecule has 10 heteroatoms. The van der Waals surface area contributed by atoms with Crippen LogP contribution in [0, 0.1) is 17.2 Å². The molecule has 2 rings (SSSR count). The Hall–Kier alpha value is -2.82. The highest BCUT2D eigenvalue weighted by Gasteiger charge is 2.46. The standard InChI is InChI=1S/C26H40N4O6/c1-6-35-23(28)22(31)21(17(4)5)29-14-10-13-19(29)24(32)30(25(33)20(27)16(2)3)26(34)36-15-18-11-8-7-9-12-18/h7-9,11-12,16-17,19-22,28,31H,6,10,13-15,27H2,1-5H3/t19-,20-,21-,22?/m0/s1. The molecule has 3 amide bonds. The summed E-state index contributed by atoms with van der Waals surface area (Å²) >= 11 is 0. The average Bonchev–Trinajstić information content (AvgIpc) is 3.32. The zero-order valence-corrected chi connectivity index (χ0v) is 21.8. The van der Waals surface area contributed by atoms with Crippen LogP contribution in [0.25, 0.3) is 0 Å². The number of nitrogens with one attached hydrogen (secondary N) is 1. The SMILES string of the molecule is CCOC(=N)C(O)[C@H](C(C)C)N1CCC[C@H]1C(=O)N(C(=O)OCc1ccccc1)C(=O)[C@@H](N)C(C)C. The Kier molecular flexibility index (Phi) is 11.0. The van der Waals surface area contributed by atoms with E-state index in [1.54, 1.807) is 49.9 Å². The van der Waals surface area contributed by atoms with Gasteiger partial charge in [0.1, 0.15) is 12.7 Å². The largest absolute Gasteiger partial charge is 0.480 e. The molecule has 1 aromatic carbocycles. The molecule has 0 radical (unpaired) electrons.